The van der Waals surface area contributed by atoms with Gasteiger partial charge in [0, 0.05) is 28.4 Å². The van der Waals surface area contributed by atoms with Gasteiger partial charge in [-0.25, -0.2) is 0 Å². The predicted octanol–water partition coefficient (Wildman–Crippen LogP) is 5.12. The number of benzene rings is 2. The molecule has 1 saturated carbocycles. The fourth-order valence-corrected chi connectivity index (χ4v) is 5.74. The Kier molecular flexibility index (Phi) is 6.83. The van der Waals surface area contributed by atoms with Gasteiger partial charge in [0.25, 0.3) is 0 Å². The molecule has 2 amide bonds. The summed E-state index contributed by atoms with van der Waals surface area (Å²) in [6, 6.07) is 16.2. The normalized spacial score (nSPS) is 20.0. The molecule has 1 aliphatic heterocycles. The highest BCUT2D eigenvalue weighted by Gasteiger charge is 2.27. The smallest absolute Gasteiger partial charge is 0.234 e. The first kappa shape index (κ1) is 22.9. The van der Waals surface area contributed by atoms with E-state index in [4.69, 9.17) is 0 Å². The summed E-state index contributed by atoms with van der Waals surface area (Å²) in [6.07, 6.45) is 4.04. The minimum Gasteiger partial charge on any atom is -0.324 e. The van der Waals surface area contributed by atoms with Crippen LogP contribution in [0.25, 0.3) is 10.9 Å². The number of rotatable bonds is 6. The lowest BCUT2D eigenvalue weighted by atomic mass is 9.81. The van der Waals surface area contributed by atoms with Crippen molar-refractivity contribution < 1.29 is 9.59 Å². The number of hydrogen-bond acceptors (Lipinski definition) is 5. The first-order chi connectivity index (χ1) is 16.5. The lowest BCUT2D eigenvalue weighted by Crippen LogP contribution is -2.32. The van der Waals surface area contributed by atoms with E-state index in [1.807, 2.05) is 37.3 Å². The number of carbonyl (C=O) groups is 2. The molecule has 1 aromatic heterocycles. The van der Waals surface area contributed by atoms with E-state index >= 15 is 0 Å². The van der Waals surface area contributed by atoms with Crippen LogP contribution >= 0.6 is 11.8 Å². The van der Waals surface area contributed by atoms with Crippen molar-refractivity contribution >= 4 is 45.9 Å². The summed E-state index contributed by atoms with van der Waals surface area (Å²) in [5.74, 6) is 1.14. The number of thioether (sulfide) groups is 1. The number of aromatic nitrogens is 1. The van der Waals surface area contributed by atoms with Crippen molar-refractivity contribution in [1.82, 2.24) is 10.3 Å². The summed E-state index contributed by atoms with van der Waals surface area (Å²) in [5, 5.41) is 10.7. The Morgan fingerprint density at radius 1 is 1.18 bits per heavy atom. The first-order valence-corrected chi connectivity index (χ1v) is 13.0. The fraction of sp³-hybridized carbons (Fsp3) is 0.370. The third-order valence-electron chi connectivity index (χ3n) is 6.71. The quantitative estimate of drug-likeness (QED) is 0.462. The molecule has 0 bridgehead atoms. The maximum absolute atomic E-state index is 13.1. The zero-order valence-corrected chi connectivity index (χ0v) is 20.2. The maximum atomic E-state index is 13.1. The summed E-state index contributed by atoms with van der Waals surface area (Å²) in [5.41, 5.74) is 4.66. The average Bonchev–Trinajstić information content (AvgIpc) is 2.84. The molecule has 3 aromatic rings. The summed E-state index contributed by atoms with van der Waals surface area (Å²) in [4.78, 5) is 30.5. The number of anilines is 2. The lowest BCUT2D eigenvalue weighted by Gasteiger charge is -2.28. The van der Waals surface area contributed by atoms with E-state index in [1.54, 1.807) is 11.8 Å². The van der Waals surface area contributed by atoms with Crippen molar-refractivity contribution in [3.8, 4) is 0 Å². The standard InChI is InChI=1S/C27H30N4O2S/c1-17-8-10-20-5-3-7-22(26(20)29-17)31-27(33)21-6-2-4-18(12-21)14-28-15-19-9-11-24-23(13-19)30-25(32)16-34-24/h3,5,7-11,13,18,21,28H,2,4,6,12,14-16H2,1H3,(H,30,32)(H,31,33). The molecule has 2 atom stereocenters. The van der Waals surface area contributed by atoms with E-state index in [0.29, 0.717) is 11.7 Å². The second-order valence-corrected chi connectivity index (χ2v) is 10.4. The molecule has 0 saturated heterocycles. The van der Waals surface area contributed by atoms with E-state index in [2.05, 4.69) is 39.1 Å². The first-order valence-electron chi connectivity index (χ1n) is 12.0. The molecule has 2 aromatic carbocycles. The number of pyridine rings is 1. The minimum atomic E-state index is 0.0246. The van der Waals surface area contributed by atoms with Crippen molar-refractivity contribution in [3.63, 3.8) is 0 Å². The number of amides is 2. The summed E-state index contributed by atoms with van der Waals surface area (Å²) in [7, 11) is 0. The van der Waals surface area contributed by atoms with Crippen LogP contribution in [0.2, 0.25) is 0 Å². The SMILES string of the molecule is Cc1ccc2cccc(NC(=O)C3CCCC(CNCc4ccc5c(c4)NC(=O)CS5)C3)c2n1. The number of aryl methyl sites for hydroxylation is 1. The second kappa shape index (κ2) is 10.2. The zero-order valence-electron chi connectivity index (χ0n) is 19.4. The molecule has 2 aliphatic rings. The molecule has 2 unspecified atom stereocenters. The van der Waals surface area contributed by atoms with E-state index in [1.165, 1.54) is 0 Å². The molecular weight excluding hydrogens is 444 g/mol. The van der Waals surface area contributed by atoms with Gasteiger partial charge < -0.3 is 16.0 Å². The fourth-order valence-electron chi connectivity index (χ4n) is 4.96. The molecule has 34 heavy (non-hydrogen) atoms. The van der Waals surface area contributed by atoms with Crippen molar-refractivity contribution in [1.29, 1.82) is 0 Å². The van der Waals surface area contributed by atoms with Crippen LogP contribution in [0.3, 0.4) is 0 Å². The number of carbonyl (C=O) groups excluding carboxylic acids is 2. The molecule has 2 heterocycles. The van der Waals surface area contributed by atoms with Crippen LogP contribution in [0.5, 0.6) is 0 Å². The Hall–Kier alpha value is -2.90. The van der Waals surface area contributed by atoms with Gasteiger partial charge >= 0.3 is 0 Å². The largest absolute Gasteiger partial charge is 0.324 e. The van der Waals surface area contributed by atoms with Gasteiger partial charge in [0.1, 0.15) is 0 Å². The number of para-hydroxylation sites is 1. The molecule has 3 N–H and O–H groups in total. The van der Waals surface area contributed by atoms with E-state index < -0.39 is 0 Å². The van der Waals surface area contributed by atoms with E-state index in [-0.39, 0.29) is 17.7 Å². The van der Waals surface area contributed by atoms with Crippen LogP contribution < -0.4 is 16.0 Å². The predicted molar refractivity (Wildman–Crippen MR) is 138 cm³/mol. The van der Waals surface area contributed by atoms with Crippen LogP contribution in [0.4, 0.5) is 11.4 Å². The Labute approximate surface area is 204 Å². The van der Waals surface area contributed by atoms with Gasteiger partial charge in [0.15, 0.2) is 0 Å². The monoisotopic (exact) mass is 474 g/mol. The number of fused-ring (bicyclic) bond motifs is 2. The maximum Gasteiger partial charge on any atom is 0.234 e. The highest BCUT2D eigenvalue weighted by Crippen LogP contribution is 2.33. The van der Waals surface area contributed by atoms with Gasteiger partial charge in [-0.05, 0) is 68.5 Å². The molecule has 7 heteroatoms. The summed E-state index contributed by atoms with van der Waals surface area (Å²) >= 11 is 1.58. The van der Waals surface area contributed by atoms with Crippen molar-refractivity contribution in [2.24, 2.45) is 11.8 Å². The number of hydrogen-bond donors (Lipinski definition) is 3. The van der Waals surface area contributed by atoms with E-state index in [9.17, 15) is 9.59 Å². The van der Waals surface area contributed by atoms with Crippen LogP contribution in [0.1, 0.15) is 36.9 Å². The van der Waals surface area contributed by atoms with Gasteiger partial charge in [-0.15, -0.1) is 11.8 Å². The van der Waals surface area contributed by atoms with Crippen LogP contribution in [0.15, 0.2) is 53.4 Å². The Morgan fingerprint density at radius 2 is 2.09 bits per heavy atom. The van der Waals surface area contributed by atoms with Crippen molar-refractivity contribution in [2.75, 3.05) is 22.9 Å². The summed E-state index contributed by atoms with van der Waals surface area (Å²) < 4.78 is 0. The lowest BCUT2D eigenvalue weighted by molar-refractivity contribution is -0.121. The van der Waals surface area contributed by atoms with Gasteiger partial charge in [-0.3, -0.25) is 14.6 Å². The molecule has 1 aliphatic carbocycles. The number of nitrogens with zero attached hydrogens (tertiary/aromatic N) is 1. The van der Waals surface area contributed by atoms with Gasteiger partial charge in [-0.2, -0.15) is 0 Å². The van der Waals surface area contributed by atoms with Gasteiger partial charge in [-0.1, -0.05) is 30.7 Å². The van der Waals surface area contributed by atoms with Crippen molar-refractivity contribution in [3.05, 3.63) is 59.8 Å². The third-order valence-corrected chi connectivity index (χ3v) is 7.78. The molecule has 0 spiro atoms. The van der Waals surface area contributed by atoms with E-state index in [0.717, 1.165) is 77.2 Å². The van der Waals surface area contributed by atoms with Gasteiger partial charge in [0.05, 0.1) is 22.6 Å². The highest BCUT2D eigenvalue weighted by atomic mass is 32.2. The summed E-state index contributed by atoms with van der Waals surface area (Å²) in [6.45, 7) is 3.61. The second-order valence-electron chi connectivity index (χ2n) is 9.35. The molecule has 1 fully saturated rings. The molecule has 176 valence electrons. The molecule has 6 nitrogen and oxygen atoms in total. The highest BCUT2D eigenvalue weighted by molar-refractivity contribution is 8.00. The molecule has 0 radical (unpaired) electrons. The third kappa shape index (κ3) is 5.26. The Morgan fingerprint density at radius 3 is 3.00 bits per heavy atom. The molecular formula is C27H30N4O2S. The van der Waals surface area contributed by atoms with Gasteiger partial charge in [0.2, 0.25) is 11.8 Å². The topological polar surface area (TPSA) is 83.1 Å². The Balaban J connectivity index is 1.15. The average molecular weight is 475 g/mol. The van der Waals surface area contributed by atoms with Crippen LogP contribution in [-0.2, 0) is 16.1 Å². The molecule has 5 rings (SSSR count). The number of nitrogens with one attached hydrogen (secondary N) is 3. The minimum absolute atomic E-state index is 0.0246. The van der Waals surface area contributed by atoms with Crippen LogP contribution in [-0.4, -0.2) is 29.1 Å². The van der Waals surface area contributed by atoms with Crippen molar-refractivity contribution in [2.45, 2.75) is 44.0 Å². The zero-order chi connectivity index (χ0) is 23.5. The van der Waals surface area contributed by atoms with Crippen LogP contribution in [0, 0.1) is 18.8 Å². The Bertz CT molecular complexity index is 1230.